The van der Waals surface area contributed by atoms with Gasteiger partial charge < -0.3 is 5.73 Å². The zero-order valence-corrected chi connectivity index (χ0v) is 9.49. The molecule has 0 aliphatic carbocycles. The third-order valence-electron chi connectivity index (χ3n) is 2.66. The Morgan fingerprint density at radius 2 is 1.87 bits per heavy atom. The fourth-order valence-electron chi connectivity index (χ4n) is 1.43. The Kier molecular flexibility index (Phi) is 4.50. The van der Waals surface area contributed by atoms with Gasteiger partial charge in [-0.25, -0.2) is 0 Å². The minimum Gasteiger partial charge on any atom is -0.327 e. The van der Waals surface area contributed by atoms with Gasteiger partial charge in [0.05, 0.1) is 0 Å². The van der Waals surface area contributed by atoms with Gasteiger partial charge in [-0.15, -0.1) is 0 Å². The lowest BCUT2D eigenvalue weighted by molar-refractivity contribution is 0.0974. The molecule has 1 atom stereocenters. The summed E-state index contributed by atoms with van der Waals surface area (Å²) >= 11 is 0. The molecule has 0 heterocycles. The molecule has 82 valence electrons. The lowest BCUT2D eigenvalue weighted by Crippen LogP contribution is -2.22. The summed E-state index contributed by atoms with van der Waals surface area (Å²) in [6.07, 6.45) is 2.30. The first-order valence-electron chi connectivity index (χ1n) is 5.55. The van der Waals surface area contributed by atoms with Crippen LogP contribution in [0.4, 0.5) is 0 Å². The van der Waals surface area contributed by atoms with E-state index < -0.39 is 0 Å². The summed E-state index contributed by atoms with van der Waals surface area (Å²) in [5.74, 6) is 0.145. The Labute approximate surface area is 91.5 Å². The van der Waals surface area contributed by atoms with E-state index >= 15 is 0 Å². The predicted octanol–water partition coefficient (Wildman–Crippen LogP) is 2.56. The van der Waals surface area contributed by atoms with Gasteiger partial charge in [0.25, 0.3) is 0 Å². The van der Waals surface area contributed by atoms with Crippen LogP contribution in [0.5, 0.6) is 0 Å². The topological polar surface area (TPSA) is 43.1 Å². The van der Waals surface area contributed by atoms with E-state index in [1.54, 1.807) is 0 Å². The van der Waals surface area contributed by atoms with Crippen LogP contribution < -0.4 is 5.73 Å². The molecule has 2 N–H and O–H groups in total. The van der Waals surface area contributed by atoms with Crippen molar-refractivity contribution in [3.8, 4) is 0 Å². The first-order valence-corrected chi connectivity index (χ1v) is 5.55. The van der Waals surface area contributed by atoms with Crippen molar-refractivity contribution in [2.75, 3.05) is 0 Å². The zero-order chi connectivity index (χ0) is 11.3. The molecule has 0 aliphatic heterocycles. The molecule has 0 bridgehead atoms. The summed E-state index contributed by atoms with van der Waals surface area (Å²) in [6.45, 7) is 4.10. The maximum atomic E-state index is 11.7. The maximum absolute atomic E-state index is 11.7. The Bertz CT molecular complexity index is 316. The minimum atomic E-state index is -0.0108. The monoisotopic (exact) mass is 205 g/mol. The second kappa shape index (κ2) is 5.66. The highest BCUT2D eigenvalue weighted by molar-refractivity contribution is 5.96. The van der Waals surface area contributed by atoms with E-state index in [0.29, 0.717) is 6.42 Å². The molecule has 15 heavy (non-hydrogen) atoms. The average molecular weight is 205 g/mol. The van der Waals surface area contributed by atoms with E-state index in [4.69, 9.17) is 5.73 Å². The molecular weight excluding hydrogens is 186 g/mol. The quantitative estimate of drug-likeness (QED) is 0.751. The van der Waals surface area contributed by atoms with Gasteiger partial charge >= 0.3 is 0 Å². The van der Waals surface area contributed by atoms with Crippen molar-refractivity contribution in [1.82, 2.24) is 0 Å². The molecule has 0 radical (unpaired) electrons. The fraction of sp³-hybridized carbons (Fsp3) is 0.462. The molecule has 0 spiro atoms. The van der Waals surface area contributed by atoms with Crippen LogP contribution >= 0.6 is 0 Å². The summed E-state index contributed by atoms with van der Waals surface area (Å²) < 4.78 is 0. The van der Waals surface area contributed by atoms with Gasteiger partial charge in [0, 0.05) is 18.0 Å². The number of rotatable bonds is 5. The fourth-order valence-corrected chi connectivity index (χ4v) is 1.43. The highest BCUT2D eigenvalue weighted by Gasteiger charge is 2.09. The highest BCUT2D eigenvalue weighted by Crippen LogP contribution is 2.09. The highest BCUT2D eigenvalue weighted by atomic mass is 16.1. The Balaban J connectivity index is 2.66. The van der Waals surface area contributed by atoms with Gasteiger partial charge in [0.15, 0.2) is 5.78 Å². The van der Waals surface area contributed by atoms with Crippen LogP contribution in [0.3, 0.4) is 0 Å². The predicted molar refractivity (Wildman–Crippen MR) is 63.0 cm³/mol. The van der Waals surface area contributed by atoms with Gasteiger partial charge in [-0.1, -0.05) is 38.1 Å². The van der Waals surface area contributed by atoms with Crippen LogP contribution in [0.25, 0.3) is 0 Å². The van der Waals surface area contributed by atoms with E-state index in [1.165, 1.54) is 5.56 Å². The van der Waals surface area contributed by atoms with Crippen molar-refractivity contribution < 1.29 is 4.79 Å². The van der Waals surface area contributed by atoms with E-state index in [2.05, 4.69) is 6.92 Å². The molecule has 1 rings (SSSR count). The Hall–Kier alpha value is -1.15. The molecule has 0 saturated carbocycles. The molecule has 2 nitrogen and oxygen atoms in total. The first-order chi connectivity index (χ1) is 7.17. The third-order valence-corrected chi connectivity index (χ3v) is 2.66. The summed E-state index contributed by atoms with van der Waals surface area (Å²) in [5, 5.41) is 0. The molecule has 1 unspecified atom stereocenters. The van der Waals surface area contributed by atoms with Gasteiger partial charge in [-0.2, -0.15) is 0 Å². The van der Waals surface area contributed by atoms with Crippen molar-refractivity contribution in [3.63, 3.8) is 0 Å². The molecule has 0 fully saturated rings. The van der Waals surface area contributed by atoms with Crippen molar-refractivity contribution in [2.45, 2.75) is 39.2 Å². The molecule has 2 heteroatoms. The Morgan fingerprint density at radius 1 is 1.27 bits per heavy atom. The Morgan fingerprint density at radius 3 is 2.33 bits per heavy atom. The molecule has 0 aromatic heterocycles. The van der Waals surface area contributed by atoms with Crippen LogP contribution in [0, 0.1) is 0 Å². The maximum Gasteiger partial charge on any atom is 0.164 e. The van der Waals surface area contributed by atoms with Crippen molar-refractivity contribution in [2.24, 2.45) is 5.73 Å². The van der Waals surface area contributed by atoms with Crippen molar-refractivity contribution in [3.05, 3.63) is 35.4 Å². The van der Waals surface area contributed by atoms with E-state index in [1.807, 2.05) is 31.2 Å². The van der Waals surface area contributed by atoms with Crippen LogP contribution in [0.1, 0.15) is 42.6 Å². The van der Waals surface area contributed by atoms with Crippen molar-refractivity contribution >= 4 is 5.78 Å². The molecule has 1 aromatic rings. The van der Waals surface area contributed by atoms with Gasteiger partial charge in [0.1, 0.15) is 0 Å². The normalized spacial score (nSPS) is 12.5. The summed E-state index contributed by atoms with van der Waals surface area (Å²) in [5.41, 5.74) is 7.78. The number of carbonyl (C=O) groups is 1. The number of carbonyl (C=O) groups excluding carboxylic acids is 1. The third kappa shape index (κ3) is 3.48. The molecule has 0 saturated heterocycles. The van der Waals surface area contributed by atoms with Crippen LogP contribution in [0.2, 0.25) is 0 Å². The number of aryl methyl sites for hydroxylation is 1. The summed E-state index contributed by atoms with van der Waals surface area (Å²) in [7, 11) is 0. The standard InChI is InChI=1S/C13H19NO/c1-3-10-5-7-11(8-6-10)13(15)9-12(14)4-2/h5-8,12H,3-4,9,14H2,1-2H3. The smallest absolute Gasteiger partial charge is 0.164 e. The SMILES string of the molecule is CCc1ccc(C(=O)CC(N)CC)cc1. The number of benzene rings is 1. The molecular formula is C13H19NO. The first kappa shape index (κ1) is 11.9. The second-order valence-electron chi connectivity index (χ2n) is 3.85. The number of hydrogen-bond donors (Lipinski definition) is 1. The lowest BCUT2D eigenvalue weighted by Gasteiger charge is -2.07. The zero-order valence-electron chi connectivity index (χ0n) is 9.49. The average Bonchev–Trinajstić information content (AvgIpc) is 2.29. The van der Waals surface area contributed by atoms with Gasteiger partial charge in [-0.05, 0) is 18.4 Å². The van der Waals surface area contributed by atoms with Crippen LogP contribution in [-0.4, -0.2) is 11.8 Å². The van der Waals surface area contributed by atoms with Gasteiger partial charge in [-0.3, -0.25) is 4.79 Å². The van der Waals surface area contributed by atoms with E-state index in [0.717, 1.165) is 18.4 Å². The molecule has 0 amide bonds. The largest absolute Gasteiger partial charge is 0.327 e. The minimum absolute atomic E-state index is 0.0108. The number of ketones is 1. The van der Waals surface area contributed by atoms with Crippen LogP contribution in [0.15, 0.2) is 24.3 Å². The number of hydrogen-bond acceptors (Lipinski definition) is 2. The lowest BCUT2D eigenvalue weighted by atomic mass is 10.0. The second-order valence-corrected chi connectivity index (χ2v) is 3.85. The summed E-state index contributed by atoms with van der Waals surface area (Å²) in [6, 6.07) is 7.78. The number of nitrogens with two attached hydrogens (primary N) is 1. The molecule has 0 aliphatic rings. The van der Waals surface area contributed by atoms with E-state index in [-0.39, 0.29) is 11.8 Å². The summed E-state index contributed by atoms with van der Waals surface area (Å²) in [4.78, 5) is 11.7. The van der Waals surface area contributed by atoms with Crippen molar-refractivity contribution in [1.29, 1.82) is 0 Å². The molecule has 1 aromatic carbocycles. The van der Waals surface area contributed by atoms with E-state index in [9.17, 15) is 4.79 Å². The number of Topliss-reactive ketones (excluding diaryl/α,β-unsaturated/α-hetero) is 1. The van der Waals surface area contributed by atoms with Gasteiger partial charge in [0.2, 0.25) is 0 Å². The van der Waals surface area contributed by atoms with Crippen LogP contribution in [-0.2, 0) is 6.42 Å².